The molecule has 0 aliphatic rings. The number of hydrogen-bond acceptors (Lipinski definition) is 2. The van der Waals surface area contributed by atoms with Crippen molar-refractivity contribution in [1.82, 2.24) is 0 Å². The van der Waals surface area contributed by atoms with Crippen molar-refractivity contribution in [3.05, 3.63) is 65.5 Å². The molecule has 0 aliphatic carbocycles. The van der Waals surface area contributed by atoms with Gasteiger partial charge in [0, 0.05) is 23.4 Å². The first-order valence-electron chi connectivity index (χ1n) is 6.89. The van der Waals surface area contributed by atoms with Crippen LogP contribution in [0.15, 0.2) is 48.5 Å². The van der Waals surface area contributed by atoms with Gasteiger partial charge in [-0.15, -0.1) is 0 Å². The van der Waals surface area contributed by atoms with Gasteiger partial charge in [0.2, 0.25) is 0 Å². The van der Waals surface area contributed by atoms with Gasteiger partial charge in [-0.1, -0.05) is 36.4 Å². The second kappa shape index (κ2) is 7.06. The average molecular weight is 273 g/mol. The van der Waals surface area contributed by atoms with E-state index in [2.05, 4.69) is 5.32 Å². The Morgan fingerprint density at radius 1 is 1.10 bits per heavy atom. The van der Waals surface area contributed by atoms with Gasteiger partial charge in [-0.25, -0.2) is 4.39 Å². The SMILES string of the molecule is CCOCc1ccccc1NC(C)c1ccccc1F. The lowest BCUT2D eigenvalue weighted by molar-refractivity contribution is 0.134. The molecule has 106 valence electrons. The van der Waals surface area contributed by atoms with Crippen LogP contribution in [0, 0.1) is 5.82 Å². The zero-order valence-electron chi connectivity index (χ0n) is 11.9. The van der Waals surface area contributed by atoms with Gasteiger partial charge in [0.15, 0.2) is 0 Å². The maximum absolute atomic E-state index is 13.8. The highest BCUT2D eigenvalue weighted by molar-refractivity contribution is 5.52. The van der Waals surface area contributed by atoms with Crippen LogP contribution in [0.4, 0.5) is 10.1 Å². The summed E-state index contributed by atoms with van der Waals surface area (Å²) in [5.41, 5.74) is 2.73. The van der Waals surface area contributed by atoms with Crippen LogP contribution in [0.2, 0.25) is 0 Å². The summed E-state index contributed by atoms with van der Waals surface area (Å²) in [6.45, 7) is 5.16. The fourth-order valence-corrected chi connectivity index (χ4v) is 2.14. The van der Waals surface area contributed by atoms with E-state index in [0.717, 1.165) is 11.3 Å². The molecule has 0 spiro atoms. The Labute approximate surface area is 119 Å². The maximum atomic E-state index is 13.8. The van der Waals surface area contributed by atoms with Gasteiger partial charge in [0.1, 0.15) is 5.82 Å². The Morgan fingerprint density at radius 2 is 1.80 bits per heavy atom. The third-order valence-corrected chi connectivity index (χ3v) is 3.22. The Hall–Kier alpha value is -1.87. The monoisotopic (exact) mass is 273 g/mol. The average Bonchev–Trinajstić information content (AvgIpc) is 2.46. The molecule has 1 unspecified atom stereocenters. The molecule has 0 radical (unpaired) electrons. The van der Waals surface area contributed by atoms with Crippen LogP contribution in [0.3, 0.4) is 0 Å². The van der Waals surface area contributed by atoms with Crippen molar-refractivity contribution >= 4 is 5.69 Å². The van der Waals surface area contributed by atoms with E-state index >= 15 is 0 Å². The molecule has 20 heavy (non-hydrogen) atoms. The highest BCUT2D eigenvalue weighted by Crippen LogP contribution is 2.24. The normalized spacial score (nSPS) is 12.2. The summed E-state index contributed by atoms with van der Waals surface area (Å²) in [7, 11) is 0. The van der Waals surface area contributed by atoms with Crippen molar-refractivity contribution in [2.45, 2.75) is 26.5 Å². The van der Waals surface area contributed by atoms with Crippen LogP contribution < -0.4 is 5.32 Å². The van der Waals surface area contributed by atoms with E-state index in [1.54, 1.807) is 12.1 Å². The highest BCUT2D eigenvalue weighted by Gasteiger charge is 2.11. The Balaban J connectivity index is 2.15. The molecule has 1 N–H and O–H groups in total. The molecule has 0 aromatic heterocycles. The Kier molecular flexibility index (Phi) is 5.13. The molecule has 0 saturated heterocycles. The first-order chi connectivity index (χ1) is 9.72. The van der Waals surface area contributed by atoms with Gasteiger partial charge >= 0.3 is 0 Å². The first kappa shape index (κ1) is 14.5. The number of para-hydroxylation sites is 1. The molecule has 0 amide bonds. The summed E-state index contributed by atoms with van der Waals surface area (Å²) >= 11 is 0. The van der Waals surface area contributed by atoms with Crippen LogP contribution in [0.25, 0.3) is 0 Å². The molecule has 0 saturated carbocycles. The van der Waals surface area contributed by atoms with Crippen molar-refractivity contribution in [1.29, 1.82) is 0 Å². The maximum Gasteiger partial charge on any atom is 0.128 e. The van der Waals surface area contributed by atoms with Crippen LogP contribution in [0.5, 0.6) is 0 Å². The predicted molar refractivity (Wildman–Crippen MR) is 80.2 cm³/mol. The summed E-state index contributed by atoms with van der Waals surface area (Å²) < 4.78 is 19.2. The van der Waals surface area contributed by atoms with E-state index in [1.165, 1.54) is 6.07 Å². The number of nitrogens with one attached hydrogen (secondary N) is 1. The van der Waals surface area contributed by atoms with Crippen molar-refractivity contribution in [3.63, 3.8) is 0 Å². The van der Waals surface area contributed by atoms with Crippen molar-refractivity contribution in [2.24, 2.45) is 0 Å². The number of benzene rings is 2. The first-order valence-corrected chi connectivity index (χ1v) is 6.89. The van der Waals surface area contributed by atoms with Gasteiger partial charge < -0.3 is 10.1 Å². The lowest BCUT2D eigenvalue weighted by Gasteiger charge is -2.19. The van der Waals surface area contributed by atoms with E-state index in [9.17, 15) is 4.39 Å². The molecular formula is C17H20FNO. The lowest BCUT2D eigenvalue weighted by Crippen LogP contribution is -2.10. The van der Waals surface area contributed by atoms with Gasteiger partial charge in [0.05, 0.1) is 12.6 Å². The minimum Gasteiger partial charge on any atom is -0.378 e. The van der Waals surface area contributed by atoms with Crippen LogP contribution in [0.1, 0.15) is 31.0 Å². The van der Waals surface area contributed by atoms with E-state index < -0.39 is 0 Å². The molecule has 2 aromatic rings. The molecule has 2 rings (SSSR count). The molecule has 0 bridgehead atoms. The molecule has 1 atom stereocenters. The van der Waals surface area contributed by atoms with Crippen molar-refractivity contribution in [2.75, 3.05) is 11.9 Å². The van der Waals surface area contributed by atoms with Gasteiger partial charge in [0.25, 0.3) is 0 Å². The molecule has 2 aromatic carbocycles. The standard InChI is InChI=1S/C17H20FNO/c1-3-20-12-14-8-4-7-11-17(14)19-13(2)15-9-5-6-10-16(15)18/h4-11,13,19H,3,12H2,1-2H3. The zero-order chi connectivity index (χ0) is 14.4. The Morgan fingerprint density at radius 3 is 2.55 bits per heavy atom. The lowest BCUT2D eigenvalue weighted by atomic mass is 10.1. The number of rotatable bonds is 6. The summed E-state index contributed by atoms with van der Waals surface area (Å²) in [4.78, 5) is 0. The Bertz CT molecular complexity index is 556. The van der Waals surface area contributed by atoms with E-state index in [-0.39, 0.29) is 11.9 Å². The van der Waals surface area contributed by atoms with Crippen LogP contribution in [-0.4, -0.2) is 6.61 Å². The third-order valence-electron chi connectivity index (χ3n) is 3.22. The fraction of sp³-hybridized carbons (Fsp3) is 0.294. The van der Waals surface area contributed by atoms with E-state index in [0.29, 0.717) is 18.8 Å². The molecular weight excluding hydrogens is 253 g/mol. The molecule has 0 aliphatic heterocycles. The second-order valence-electron chi connectivity index (χ2n) is 4.68. The zero-order valence-corrected chi connectivity index (χ0v) is 11.9. The summed E-state index contributed by atoms with van der Waals surface area (Å²) in [5, 5.41) is 3.36. The molecule has 3 heteroatoms. The van der Waals surface area contributed by atoms with E-state index in [4.69, 9.17) is 4.74 Å². The summed E-state index contributed by atoms with van der Waals surface area (Å²) in [5.74, 6) is -0.185. The number of hydrogen-bond donors (Lipinski definition) is 1. The van der Waals surface area contributed by atoms with Gasteiger partial charge in [-0.3, -0.25) is 0 Å². The molecule has 2 nitrogen and oxygen atoms in total. The summed E-state index contributed by atoms with van der Waals surface area (Å²) in [6, 6.07) is 14.7. The quantitative estimate of drug-likeness (QED) is 0.834. The topological polar surface area (TPSA) is 21.3 Å². The van der Waals surface area contributed by atoms with Gasteiger partial charge in [-0.05, 0) is 26.0 Å². The van der Waals surface area contributed by atoms with Crippen molar-refractivity contribution < 1.29 is 9.13 Å². The van der Waals surface area contributed by atoms with Crippen LogP contribution in [-0.2, 0) is 11.3 Å². The minimum absolute atomic E-state index is 0.0982. The van der Waals surface area contributed by atoms with E-state index in [1.807, 2.05) is 44.2 Å². The number of anilines is 1. The highest BCUT2D eigenvalue weighted by atomic mass is 19.1. The smallest absolute Gasteiger partial charge is 0.128 e. The van der Waals surface area contributed by atoms with Crippen LogP contribution >= 0.6 is 0 Å². The van der Waals surface area contributed by atoms with Crippen molar-refractivity contribution in [3.8, 4) is 0 Å². The largest absolute Gasteiger partial charge is 0.378 e. The fourth-order valence-electron chi connectivity index (χ4n) is 2.14. The predicted octanol–water partition coefficient (Wildman–Crippen LogP) is 4.54. The number of ether oxygens (including phenoxy) is 1. The molecule has 0 heterocycles. The van der Waals surface area contributed by atoms with Gasteiger partial charge in [-0.2, -0.15) is 0 Å². The second-order valence-corrected chi connectivity index (χ2v) is 4.68. The minimum atomic E-state index is -0.185. The third kappa shape index (κ3) is 3.58. The summed E-state index contributed by atoms with van der Waals surface area (Å²) in [6.07, 6.45) is 0. The number of halogens is 1. The molecule has 0 fully saturated rings.